The lowest BCUT2D eigenvalue weighted by Crippen LogP contribution is -2.26. The Hall–Kier alpha value is -1.65. The third-order valence-electron chi connectivity index (χ3n) is 3.09. The van der Waals surface area contributed by atoms with Crippen molar-refractivity contribution >= 4 is 5.84 Å². The fourth-order valence-corrected chi connectivity index (χ4v) is 2.24. The average molecular weight is 234 g/mol. The van der Waals surface area contributed by atoms with Crippen LogP contribution in [0.4, 0.5) is 0 Å². The van der Waals surface area contributed by atoms with Crippen molar-refractivity contribution in [3.63, 3.8) is 0 Å². The molecule has 1 heterocycles. The van der Waals surface area contributed by atoms with Gasteiger partial charge >= 0.3 is 0 Å². The second-order valence-electron chi connectivity index (χ2n) is 4.64. The van der Waals surface area contributed by atoms with Crippen molar-refractivity contribution in [2.24, 2.45) is 11.7 Å². The fraction of sp³-hybridized carbons (Fsp3) is 0.583. The van der Waals surface area contributed by atoms with Crippen molar-refractivity contribution in [2.75, 3.05) is 0 Å². The highest BCUT2D eigenvalue weighted by Crippen LogP contribution is 2.27. The van der Waals surface area contributed by atoms with Gasteiger partial charge in [0, 0.05) is 12.4 Å². The highest BCUT2D eigenvalue weighted by atomic mass is 16.5. The van der Waals surface area contributed by atoms with Crippen molar-refractivity contribution in [2.45, 2.75) is 38.7 Å². The van der Waals surface area contributed by atoms with Crippen LogP contribution in [0.3, 0.4) is 0 Å². The van der Waals surface area contributed by atoms with Crippen LogP contribution >= 0.6 is 0 Å². The van der Waals surface area contributed by atoms with Crippen LogP contribution in [-0.4, -0.2) is 21.9 Å². The molecule has 1 saturated carbocycles. The second kappa shape index (κ2) is 5.12. The third kappa shape index (κ3) is 2.93. The summed E-state index contributed by atoms with van der Waals surface area (Å²) in [7, 11) is 0. The van der Waals surface area contributed by atoms with E-state index in [1.54, 1.807) is 6.20 Å². The zero-order valence-electron chi connectivity index (χ0n) is 10.0. The molecule has 0 bridgehead atoms. The number of ether oxygens (including phenoxy) is 1. The first-order valence-corrected chi connectivity index (χ1v) is 5.99. The van der Waals surface area contributed by atoms with Gasteiger partial charge in [0.2, 0.25) is 5.88 Å². The maximum atomic E-state index is 7.43. The second-order valence-corrected chi connectivity index (χ2v) is 4.64. The molecule has 5 nitrogen and oxygen atoms in total. The molecule has 1 aliphatic carbocycles. The summed E-state index contributed by atoms with van der Waals surface area (Å²) in [5.74, 6) is 0.974. The van der Waals surface area contributed by atoms with Gasteiger partial charge in [-0.2, -0.15) is 0 Å². The van der Waals surface area contributed by atoms with E-state index in [1.165, 1.54) is 19.0 Å². The number of nitrogen functional groups attached to an aromatic ring is 1. The van der Waals surface area contributed by atoms with Gasteiger partial charge in [0.1, 0.15) is 11.9 Å². The van der Waals surface area contributed by atoms with Crippen LogP contribution in [0.5, 0.6) is 5.88 Å². The number of aromatic nitrogens is 2. The number of amidine groups is 1. The van der Waals surface area contributed by atoms with Gasteiger partial charge in [-0.1, -0.05) is 13.3 Å². The minimum atomic E-state index is -0.100. The van der Waals surface area contributed by atoms with E-state index in [-0.39, 0.29) is 11.9 Å². The van der Waals surface area contributed by atoms with Gasteiger partial charge in [0.15, 0.2) is 5.69 Å². The van der Waals surface area contributed by atoms with Gasteiger partial charge in [0.05, 0.1) is 0 Å². The molecule has 0 aromatic carbocycles. The quantitative estimate of drug-likeness (QED) is 0.616. The Labute approximate surface area is 101 Å². The normalized spacial score (nSPS) is 24.3. The molecule has 1 aliphatic rings. The molecule has 3 N–H and O–H groups in total. The van der Waals surface area contributed by atoms with Gasteiger partial charge in [-0.25, -0.2) is 9.97 Å². The van der Waals surface area contributed by atoms with E-state index < -0.39 is 0 Å². The first-order valence-electron chi connectivity index (χ1n) is 5.99. The maximum Gasteiger partial charge on any atom is 0.244 e. The minimum Gasteiger partial charge on any atom is -0.473 e. The van der Waals surface area contributed by atoms with E-state index in [4.69, 9.17) is 15.9 Å². The van der Waals surface area contributed by atoms with Crippen LogP contribution in [0.2, 0.25) is 0 Å². The largest absolute Gasteiger partial charge is 0.473 e. The lowest BCUT2D eigenvalue weighted by Gasteiger charge is -2.27. The van der Waals surface area contributed by atoms with Gasteiger partial charge in [-0.15, -0.1) is 0 Å². The zero-order valence-corrected chi connectivity index (χ0v) is 10.0. The van der Waals surface area contributed by atoms with Crippen molar-refractivity contribution in [1.29, 1.82) is 5.41 Å². The molecule has 0 spiro atoms. The lowest BCUT2D eigenvalue weighted by molar-refractivity contribution is 0.123. The Morgan fingerprint density at radius 3 is 2.88 bits per heavy atom. The number of rotatable bonds is 3. The monoisotopic (exact) mass is 234 g/mol. The van der Waals surface area contributed by atoms with Crippen LogP contribution in [0.25, 0.3) is 0 Å². The van der Waals surface area contributed by atoms with Gasteiger partial charge in [0.25, 0.3) is 0 Å². The van der Waals surface area contributed by atoms with E-state index in [2.05, 4.69) is 16.9 Å². The van der Waals surface area contributed by atoms with Crippen LogP contribution in [0.1, 0.15) is 38.3 Å². The zero-order chi connectivity index (χ0) is 12.3. The molecule has 0 aliphatic heterocycles. The number of hydrogen-bond donors (Lipinski definition) is 2. The lowest BCUT2D eigenvalue weighted by atomic mass is 9.89. The van der Waals surface area contributed by atoms with Crippen LogP contribution in [0.15, 0.2) is 12.4 Å². The standard InChI is InChI=1S/C12H18N4O/c1-8-3-2-4-9(7-8)17-12-10(11(13)14)15-5-6-16-12/h5-6,8-9H,2-4,7H2,1H3,(H3,13,14). The number of nitrogens with zero attached hydrogens (tertiary/aromatic N) is 2. The van der Waals surface area contributed by atoms with Gasteiger partial charge < -0.3 is 10.5 Å². The highest BCUT2D eigenvalue weighted by Gasteiger charge is 2.22. The number of hydrogen-bond acceptors (Lipinski definition) is 4. The summed E-state index contributed by atoms with van der Waals surface area (Å²) in [6.45, 7) is 2.23. The van der Waals surface area contributed by atoms with E-state index in [1.807, 2.05) is 0 Å². The molecule has 1 fully saturated rings. The fourth-order valence-electron chi connectivity index (χ4n) is 2.24. The molecule has 5 heteroatoms. The minimum absolute atomic E-state index is 0.100. The van der Waals surface area contributed by atoms with E-state index in [0.29, 0.717) is 17.5 Å². The predicted octanol–water partition coefficient (Wildman–Crippen LogP) is 1.72. The maximum absolute atomic E-state index is 7.43. The molecule has 0 saturated heterocycles. The van der Waals surface area contributed by atoms with Crippen LogP contribution < -0.4 is 10.5 Å². The summed E-state index contributed by atoms with van der Waals surface area (Å²) in [6, 6.07) is 0. The van der Waals surface area contributed by atoms with Crippen molar-refractivity contribution in [1.82, 2.24) is 9.97 Å². The van der Waals surface area contributed by atoms with Gasteiger partial charge in [-0.3, -0.25) is 5.41 Å². The highest BCUT2D eigenvalue weighted by molar-refractivity contribution is 5.94. The summed E-state index contributed by atoms with van der Waals surface area (Å²) >= 11 is 0. The summed E-state index contributed by atoms with van der Waals surface area (Å²) < 4.78 is 5.82. The molecule has 0 amide bonds. The molecular weight excluding hydrogens is 216 g/mol. The third-order valence-corrected chi connectivity index (χ3v) is 3.09. The van der Waals surface area contributed by atoms with E-state index in [9.17, 15) is 0 Å². The Bertz CT molecular complexity index is 407. The molecule has 2 unspecified atom stereocenters. The van der Waals surface area contributed by atoms with E-state index >= 15 is 0 Å². The first kappa shape index (κ1) is 11.8. The Balaban J connectivity index is 2.10. The molecule has 92 valence electrons. The molecule has 1 aromatic rings. The Kier molecular flexibility index (Phi) is 3.56. The summed E-state index contributed by atoms with van der Waals surface area (Å²) in [5, 5.41) is 7.43. The Morgan fingerprint density at radius 2 is 2.18 bits per heavy atom. The molecule has 1 aromatic heterocycles. The smallest absolute Gasteiger partial charge is 0.244 e. The Morgan fingerprint density at radius 1 is 1.41 bits per heavy atom. The number of nitrogens with two attached hydrogens (primary N) is 1. The predicted molar refractivity (Wildman–Crippen MR) is 65.1 cm³/mol. The molecular formula is C12H18N4O. The van der Waals surface area contributed by atoms with Gasteiger partial charge in [-0.05, 0) is 25.2 Å². The molecule has 2 rings (SSSR count). The summed E-state index contributed by atoms with van der Waals surface area (Å²) in [5.41, 5.74) is 5.79. The van der Waals surface area contributed by atoms with Crippen molar-refractivity contribution < 1.29 is 4.74 Å². The van der Waals surface area contributed by atoms with Crippen LogP contribution in [-0.2, 0) is 0 Å². The molecule has 0 radical (unpaired) electrons. The number of nitrogens with one attached hydrogen (secondary N) is 1. The summed E-state index contributed by atoms with van der Waals surface area (Å²) in [4.78, 5) is 8.14. The van der Waals surface area contributed by atoms with Crippen molar-refractivity contribution in [3.05, 3.63) is 18.1 Å². The SMILES string of the molecule is CC1CCCC(Oc2nccnc2C(=N)N)C1. The van der Waals surface area contributed by atoms with Crippen molar-refractivity contribution in [3.8, 4) is 5.88 Å². The summed E-state index contributed by atoms with van der Waals surface area (Å²) in [6.07, 6.45) is 7.78. The molecule has 17 heavy (non-hydrogen) atoms. The van der Waals surface area contributed by atoms with E-state index in [0.717, 1.165) is 12.8 Å². The van der Waals surface area contributed by atoms with Crippen LogP contribution in [0, 0.1) is 11.3 Å². The average Bonchev–Trinajstić information content (AvgIpc) is 2.29. The first-order chi connectivity index (χ1) is 8.16. The molecule has 2 atom stereocenters. The topological polar surface area (TPSA) is 84.9 Å².